The summed E-state index contributed by atoms with van der Waals surface area (Å²) in [5, 5.41) is 15.4. The lowest BCUT2D eigenvalue weighted by molar-refractivity contribution is 0.403. The second-order valence-corrected chi connectivity index (χ2v) is 7.72. The number of para-hydroxylation sites is 1. The first-order valence-electron chi connectivity index (χ1n) is 10.2. The fourth-order valence-corrected chi connectivity index (χ4v) is 4.15. The third-order valence-corrected chi connectivity index (χ3v) is 5.69. The van der Waals surface area contributed by atoms with E-state index in [1.54, 1.807) is 12.4 Å². The predicted molar refractivity (Wildman–Crippen MR) is 119 cm³/mol. The number of aromatic amines is 1. The highest BCUT2D eigenvalue weighted by molar-refractivity contribution is 5.98. The molecular formula is C22H23N7O. The van der Waals surface area contributed by atoms with Crippen LogP contribution in [0.1, 0.15) is 25.7 Å². The van der Waals surface area contributed by atoms with Gasteiger partial charge in [-0.3, -0.25) is 9.78 Å². The summed E-state index contributed by atoms with van der Waals surface area (Å²) in [7, 11) is 0. The van der Waals surface area contributed by atoms with Crippen molar-refractivity contribution in [2.45, 2.75) is 37.8 Å². The summed E-state index contributed by atoms with van der Waals surface area (Å²) < 4.78 is 0. The molecule has 8 heteroatoms. The SMILES string of the molecule is N[C@H]1CCCCC1Nc1cc2cn[nH]c(=O)c2c(Nc2cccc3cccnc23)n1. The van der Waals surface area contributed by atoms with Gasteiger partial charge in [0.2, 0.25) is 0 Å². The molecule has 3 heterocycles. The first-order chi connectivity index (χ1) is 14.7. The van der Waals surface area contributed by atoms with Gasteiger partial charge in [0.1, 0.15) is 11.6 Å². The molecule has 1 aliphatic rings. The van der Waals surface area contributed by atoms with Crippen LogP contribution in [-0.2, 0) is 0 Å². The Morgan fingerprint density at radius 2 is 1.97 bits per heavy atom. The van der Waals surface area contributed by atoms with Crippen molar-refractivity contribution in [1.29, 1.82) is 0 Å². The van der Waals surface area contributed by atoms with Crippen LogP contribution in [0.4, 0.5) is 17.3 Å². The zero-order valence-electron chi connectivity index (χ0n) is 16.4. The number of nitrogens with zero attached hydrogens (tertiary/aromatic N) is 3. The highest BCUT2D eigenvalue weighted by Crippen LogP contribution is 2.29. The zero-order chi connectivity index (χ0) is 20.5. The molecule has 1 saturated carbocycles. The highest BCUT2D eigenvalue weighted by Gasteiger charge is 2.22. The van der Waals surface area contributed by atoms with E-state index in [1.165, 1.54) is 0 Å². The lowest BCUT2D eigenvalue weighted by Gasteiger charge is -2.30. The van der Waals surface area contributed by atoms with Crippen molar-refractivity contribution in [3.05, 3.63) is 59.1 Å². The molecule has 4 aromatic rings. The molecule has 2 atom stereocenters. The van der Waals surface area contributed by atoms with E-state index in [2.05, 4.69) is 25.8 Å². The number of pyridine rings is 2. The van der Waals surface area contributed by atoms with E-state index in [9.17, 15) is 4.79 Å². The standard InChI is InChI=1S/C22H23N7O/c23-15-7-1-2-8-16(15)26-18-11-14-12-25-29-22(30)19(14)21(28-18)27-17-9-3-5-13-6-4-10-24-20(13)17/h3-6,9-12,15-16H,1-2,7-8,23H2,(H,29,30)(H2,26,27,28)/t15-,16?/m0/s1. The molecule has 0 radical (unpaired) electrons. The zero-order valence-corrected chi connectivity index (χ0v) is 16.4. The molecule has 0 spiro atoms. The van der Waals surface area contributed by atoms with Crippen LogP contribution in [0.25, 0.3) is 21.7 Å². The number of hydrogen-bond acceptors (Lipinski definition) is 7. The molecule has 8 nitrogen and oxygen atoms in total. The van der Waals surface area contributed by atoms with E-state index in [4.69, 9.17) is 10.7 Å². The first-order valence-corrected chi connectivity index (χ1v) is 10.2. The summed E-state index contributed by atoms with van der Waals surface area (Å²) in [5.41, 5.74) is 7.61. The Balaban J connectivity index is 1.60. The molecule has 30 heavy (non-hydrogen) atoms. The van der Waals surface area contributed by atoms with E-state index in [0.29, 0.717) is 22.4 Å². The number of nitrogens with one attached hydrogen (secondary N) is 3. The van der Waals surface area contributed by atoms with E-state index in [0.717, 1.165) is 42.3 Å². The van der Waals surface area contributed by atoms with Gasteiger partial charge in [-0.15, -0.1) is 0 Å². The Bertz CT molecular complexity index is 1260. The summed E-state index contributed by atoms with van der Waals surface area (Å²) in [6, 6.07) is 11.9. The number of fused-ring (bicyclic) bond motifs is 2. The molecule has 0 saturated heterocycles. The van der Waals surface area contributed by atoms with Gasteiger partial charge < -0.3 is 16.4 Å². The molecule has 152 valence electrons. The molecule has 1 unspecified atom stereocenters. The van der Waals surface area contributed by atoms with Crippen LogP contribution in [0.15, 0.2) is 53.6 Å². The van der Waals surface area contributed by atoms with E-state index < -0.39 is 0 Å². The summed E-state index contributed by atoms with van der Waals surface area (Å²) in [4.78, 5) is 21.8. The van der Waals surface area contributed by atoms with Crippen LogP contribution in [0.3, 0.4) is 0 Å². The Kier molecular flexibility index (Phi) is 4.76. The maximum atomic E-state index is 12.6. The number of anilines is 3. The minimum atomic E-state index is -0.295. The van der Waals surface area contributed by atoms with E-state index >= 15 is 0 Å². The normalized spacial score (nSPS) is 19.1. The van der Waals surface area contributed by atoms with E-state index in [-0.39, 0.29) is 17.6 Å². The van der Waals surface area contributed by atoms with Crippen molar-refractivity contribution in [1.82, 2.24) is 20.2 Å². The molecular weight excluding hydrogens is 378 g/mol. The van der Waals surface area contributed by atoms with Gasteiger partial charge in [-0.05, 0) is 31.0 Å². The summed E-state index contributed by atoms with van der Waals surface area (Å²) >= 11 is 0. The molecule has 1 aliphatic carbocycles. The molecule has 1 aromatic carbocycles. The van der Waals surface area contributed by atoms with Gasteiger partial charge in [0.15, 0.2) is 0 Å². The number of nitrogens with two attached hydrogens (primary N) is 1. The largest absolute Gasteiger partial charge is 0.366 e. The first kappa shape index (κ1) is 18.5. The lowest BCUT2D eigenvalue weighted by Crippen LogP contribution is -2.42. The average molecular weight is 401 g/mol. The van der Waals surface area contributed by atoms with Crippen LogP contribution in [0.5, 0.6) is 0 Å². The smallest absolute Gasteiger partial charge is 0.275 e. The minimum Gasteiger partial charge on any atom is -0.366 e. The third-order valence-electron chi connectivity index (χ3n) is 5.69. The minimum absolute atomic E-state index is 0.0900. The Hall–Kier alpha value is -3.52. The number of benzene rings is 1. The summed E-state index contributed by atoms with van der Waals surface area (Å²) in [6.07, 6.45) is 7.69. The van der Waals surface area contributed by atoms with Gasteiger partial charge in [0.05, 0.1) is 22.8 Å². The number of H-pyrrole nitrogens is 1. The van der Waals surface area contributed by atoms with E-state index in [1.807, 2.05) is 36.4 Å². The van der Waals surface area contributed by atoms with Crippen molar-refractivity contribution in [2.75, 3.05) is 10.6 Å². The topological polar surface area (TPSA) is 122 Å². The van der Waals surface area contributed by atoms with Crippen molar-refractivity contribution in [3.63, 3.8) is 0 Å². The lowest BCUT2D eigenvalue weighted by atomic mass is 9.91. The van der Waals surface area contributed by atoms with Crippen molar-refractivity contribution < 1.29 is 0 Å². The van der Waals surface area contributed by atoms with Crippen LogP contribution in [0, 0.1) is 0 Å². The van der Waals surface area contributed by atoms with Gasteiger partial charge in [-0.25, -0.2) is 10.1 Å². The maximum absolute atomic E-state index is 12.6. The molecule has 0 bridgehead atoms. The summed E-state index contributed by atoms with van der Waals surface area (Å²) in [6.45, 7) is 0. The maximum Gasteiger partial charge on any atom is 0.275 e. The molecule has 1 fully saturated rings. The van der Waals surface area contributed by atoms with Gasteiger partial charge in [-0.1, -0.05) is 31.0 Å². The highest BCUT2D eigenvalue weighted by atomic mass is 16.1. The fraction of sp³-hybridized carbons (Fsp3) is 0.273. The summed E-state index contributed by atoms with van der Waals surface area (Å²) in [5.74, 6) is 1.13. The predicted octanol–water partition coefficient (Wildman–Crippen LogP) is 3.29. The Morgan fingerprint density at radius 3 is 2.87 bits per heavy atom. The fourth-order valence-electron chi connectivity index (χ4n) is 4.15. The number of rotatable bonds is 4. The quantitative estimate of drug-likeness (QED) is 0.414. The van der Waals surface area contributed by atoms with Crippen molar-refractivity contribution >= 4 is 39.0 Å². The number of aromatic nitrogens is 4. The Morgan fingerprint density at radius 1 is 1.10 bits per heavy atom. The molecule has 3 aromatic heterocycles. The third kappa shape index (κ3) is 3.46. The van der Waals surface area contributed by atoms with Gasteiger partial charge in [0, 0.05) is 29.1 Å². The average Bonchev–Trinajstić information content (AvgIpc) is 2.76. The van der Waals surface area contributed by atoms with Crippen molar-refractivity contribution in [3.8, 4) is 0 Å². The number of hydrogen-bond donors (Lipinski definition) is 4. The monoisotopic (exact) mass is 401 g/mol. The van der Waals surface area contributed by atoms with Crippen LogP contribution in [-0.4, -0.2) is 32.2 Å². The van der Waals surface area contributed by atoms with Crippen molar-refractivity contribution in [2.24, 2.45) is 5.73 Å². The second kappa shape index (κ2) is 7.72. The van der Waals surface area contributed by atoms with Gasteiger partial charge >= 0.3 is 0 Å². The van der Waals surface area contributed by atoms with Gasteiger partial charge in [0.25, 0.3) is 5.56 Å². The molecule has 5 N–H and O–H groups in total. The Labute approximate surface area is 172 Å². The molecule has 0 amide bonds. The molecule has 5 rings (SSSR count). The van der Waals surface area contributed by atoms with Crippen LogP contribution >= 0.6 is 0 Å². The van der Waals surface area contributed by atoms with Gasteiger partial charge in [-0.2, -0.15) is 5.10 Å². The molecule has 0 aliphatic heterocycles. The second-order valence-electron chi connectivity index (χ2n) is 7.72. The van der Waals surface area contributed by atoms with Crippen LogP contribution in [0.2, 0.25) is 0 Å². The van der Waals surface area contributed by atoms with Crippen LogP contribution < -0.4 is 21.9 Å².